The first-order valence-electron chi connectivity index (χ1n) is 4.52. The molecule has 1 aliphatic rings. The molecule has 0 aromatic rings. The lowest BCUT2D eigenvalue weighted by atomic mass is 9.76. The van der Waals surface area contributed by atoms with Gasteiger partial charge >= 0.3 is 5.97 Å². The van der Waals surface area contributed by atoms with E-state index in [4.69, 9.17) is 9.84 Å². The van der Waals surface area contributed by atoms with E-state index >= 15 is 0 Å². The average Bonchev–Trinajstić information content (AvgIpc) is 2.04. The first kappa shape index (κ1) is 10.5. The van der Waals surface area contributed by atoms with E-state index in [-0.39, 0.29) is 11.8 Å². The summed E-state index contributed by atoms with van der Waals surface area (Å²) in [4.78, 5) is 10.4. The van der Waals surface area contributed by atoms with E-state index < -0.39 is 12.1 Å². The molecule has 2 N–H and O–H groups in total. The first-order valence-corrected chi connectivity index (χ1v) is 4.52. The third-order valence-electron chi connectivity index (χ3n) is 2.81. The van der Waals surface area contributed by atoms with Crippen LogP contribution >= 0.6 is 0 Å². The fraction of sp³-hybridized carbons (Fsp3) is 0.889. The van der Waals surface area contributed by atoms with Crippen molar-refractivity contribution in [1.82, 2.24) is 0 Å². The standard InChI is InChI=1S/C9H16O4/c1-9(2-4-13-5-3-9)7(10)6-8(11)12/h7,10H,2-6H2,1H3,(H,11,12)/t7-/m1/s1. The second-order valence-electron chi connectivity index (χ2n) is 3.88. The summed E-state index contributed by atoms with van der Waals surface area (Å²) < 4.78 is 5.16. The van der Waals surface area contributed by atoms with Crippen LogP contribution in [0.1, 0.15) is 26.2 Å². The number of hydrogen-bond donors (Lipinski definition) is 2. The number of hydrogen-bond acceptors (Lipinski definition) is 3. The molecule has 0 aromatic heterocycles. The molecule has 0 aliphatic carbocycles. The highest BCUT2D eigenvalue weighted by Gasteiger charge is 2.35. The van der Waals surface area contributed by atoms with Crippen LogP contribution in [0.3, 0.4) is 0 Å². The molecule has 0 radical (unpaired) electrons. The molecule has 0 saturated carbocycles. The molecular weight excluding hydrogens is 172 g/mol. The SMILES string of the molecule is CC1([C@H](O)CC(=O)O)CCOCC1. The zero-order valence-corrected chi connectivity index (χ0v) is 7.82. The quantitative estimate of drug-likeness (QED) is 0.682. The summed E-state index contributed by atoms with van der Waals surface area (Å²) in [6, 6.07) is 0. The van der Waals surface area contributed by atoms with Gasteiger partial charge in [0, 0.05) is 13.2 Å². The molecule has 1 saturated heterocycles. The summed E-state index contributed by atoms with van der Waals surface area (Å²) in [5.41, 5.74) is -0.281. The van der Waals surface area contributed by atoms with Crippen molar-refractivity contribution in [1.29, 1.82) is 0 Å². The zero-order chi connectivity index (χ0) is 9.90. The molecule has 0 amide bonds. The largest absolute Gasteiger partial charge is 0.481 e. The molecule has 1 aliphatic heterocycles. The van der Waals surface area contributed by atoms with Gasteiger partial charge in [-0.1, -0.05) is 6.92 Å². The van der Waals surface area contributed by atoms with Gasteiger partial charge in [0.05, 0.1) is 12.5 Å². The van der Waals surface area contributed by atoms with E-state index in [2.05, 4.69) is 0 Å². The van der Waals surface area contributed by atoms with Gasteiger partial charge in [-0.2, -0.15) is 0 Å². The smallest absolute Gasteiger partial charge is 0.305 e. The van der Waals surface area contributed by atoms with Crippen LogP contribution < -0.4 is 0 Å². The summed E-state index contributed by atoms with van der Waals surface area (Å²) >= 11 is 0. The second kappa shape index (κ2) is 4.07. The number of aliphatic hydroxyl groups is 1. The highest BCUT2D eigenvalue weighted by atomic mass is 16.5. The molecular formula is C9H16O4. The molecule has 1 atom stereocenters. The monoisotopic (exact) mass is 188 g/mol. The summed E-state index contributed by atoms with van der Waals surface area (Å²) in [5.74, 6) is -0.944. The normalized spacial score (nSPS) is 23.8. The van der Waals surface area contributed by atoms with Crippen LogP contribution in [-0.4, -0.2) is 35.5 Å². The number of ether oxygens (including phenoxy) is 1. The number of carboxylic acids is 1. The van der Waals surface area contributed by atoms with E-state index in [1.165, 1.54) is 0 Å². The molecule has 4 heteroatoms. The van der Waals surface area contributed by atoms with E-state index in [1.807, 2.05) is 6.92 Å². The Morgan fingerprint density at radius 1 is 1.54 bits per heavy atom. The summed E-state index contributed by atoms with van der Waals surface area (Å²) in [6.45, 7) is 3.16. The Balaban J connectivity index is 2.51. The molecule has 1 rings (SSSR count). The first-order chi connectivity index (χ1) is 6.04. The van der Waals surface area contributed by atoms with Crippen molar-refractivity contribution >= 4 is 5.97 Å². The van der Waals surface area contributed by atoms with E-state index in [9.17, 15) is 9.90 Å². The lowest BCUT2D eigenvalue weighted by molar-refractivity contribution is -0.143. The van der Waals surface area contributed by atoms with Crippen LogP contribution in [0.25, 0.3) is 0 Å². The van der Waals surface area contributed by atoms with Gasteiger partial charge in [-0.3, -0.25) is 4.79 Å². The van der Waals surface area contributed by atoms with Crippen molar-refractivity contribution in [2.75, 3.05) is 13.2 Å². The Kier molecular flexibility index (Phi) is 3.27. The van der Waals surface area contributed by atoms with Gasteiger partial charge in [-0.25, -0.2) is 0 Å². The van der Waals surface area contributed by atoms with E-state index in [1.54, 1.807) is 0 Å². The number of carboxylic acid groups (broad SMARTS) is 1. The molecule has 0 spiro atoms. The predicted octanol–water partition coefficient (Wildman–Crippen LogP) is 0.639. The predicted molar refractivity (Wildman–Crippen MR) is 46.4 cm³/mol. The topological polar surface area (TPSA) is 66.8 Å². The van der Waals surface area contributed by atoms with Crippen molar-refractivity contribution in [2.45, 2.75) is 32.3 Å². The maximum atomic E-state index is 10.4. The Labute approximate surface area is 77.5 Å². The molecule has 0 aromatic carbocycles. The molecule has 1 fully saturated rings. The molecule has 13 heavy (non-hydrogen) atoms. The lowest BCUT2D eigenvalue weighted by Gasteiger charge is -2.37. The van der Waals surface area contributed by atoms with Crippen molar-refractivity contribution in [3.8, 4) is 0 Å². The van der Waals surface area contributed by atoms with Crippen LogP contribution in [0.15, 0.2) is 0 Å². The van der Waals surface area contributed by atoms with Gasteiger partial charge in [-0.15, -0.1) is 0 Å². The maximum Gasteiger partial charge on any atom is 0.305 e. The number of aliphatic hydroxyl groups excluding tert-OH is 1. The second-order valence-corrected chi connectivity index (χ2v) is 3.88. The van der Waals surface area contributed by atoms with Crippen LogP contribution in [0.2, 0.25) is 0 Å². The number of rotatable bonds is 3. The van der Waals surface area contributed by atoms with E-state index in [0.29, 0.717) is 13.2 Å². The summed E-state index contributed by atoms with van der Waals surface area (Å²) in [7, 11) is 0. The third kappa shape index (κ3) is 2.67. The zero-order valence-electron chi connectivity index (χ0n) is 7.82. The van der Waals surface area contributed by atoms with Gasteiger partial charge in [-0.05, 0) is 18.3 Å². The van der Waals surface area contributed by atoms with Crippen molar-refractivity contribution < 1.29 is 19.7 Å². The third-order valence-corrected chi connectivity index (χ3v) is 2.81. The van der Waals surface area contributed by atoms with Crippen LogP contribution in [0.5, 0.6) is 0 Å². The highest BCUT2D eigenvalue weighted by molar-refractivity contribution is 5.67. The van der Waals surface area contributed by atoms with Gasteiger partial charge in [0.25, 0.3) is 0 Å². The Morgan fingerprint density at radius 2 is 2.08 bits per heavy atom. The Bertz CT molecular complexity index is 184. The van der Waals surface area contributed by atoms with Crippen molar-refractivity contribution in [3.63, 3.8) is 0 Å². The van der Waals surface area contributed by atoms with Crippen LogP contribution in [0.4, 0.5) is 0 Å². The molecule has 1 heterocycles. The minimum Gasteiger partial charge on any atom is -0.481 e. The van der Waals surface area contributed by atoms with Crippen molar-refractivity contribution in [2.24, 2.45) is 5.41 Å². The van der Waals surface area contributed by atoms with Gasteiger partial charge < -0.3 is 14.9 Å². The van der Waals surface area contributed by atoms with Gasteiger partial charge in [0.15, 0.2) is 0 Å². The Hall–Kier alpha value is -0.610. The van der Waals surface area contributed by atoms with Crippen LogP contribution in [0, 0.1) is 5.41 Å². The number of aliphatic carboxylic acids is 1. The fourth-order valence-electron chi connectivity index (χ4n) is 1.58. The van der Waals surface area contributed by atoms with Gasteiger partial charge in [0.2, 0.25) is 0 Å². The maximum absolute atomic E-state index is 10.4. The average molecular weight is 188 g/mol. The summed E-state index contributed by atoms with van der Waals surface area (Å²) in [6.07, 6.45) is 0.549. The number of carbonyl (C=O) groups is 1. The Morgan fingerprint density at radius 3 is 2.54 bits per heavy atom. The molecule has 0 unspecified atom stereocenters. The van der Waals surface area contributed by atoms with Crippen LogP contribution in [-0.2, 0) is 9.53 Å². The fourth-order valence-corrected chi connectivity index (χ4v) is 1.58. The lowest BCUT2D eigenvalue weighted by Crippen LogP contribution is -2.39. The highest BCUT2D eigenvalue weighted by Crippen LogP contribution is 2.34. The molecule has 0 bridgehead atoms. The minimum atomic E-state index is -0.944. The van der Waals surface area contributed by atoms with E-state index in [0.717, 1.165) is 12.8 Å². The summed E-state index contributed by atoms with van der Waals surface area (Å²) in [5, 5.41) is 18.2. The van der Waals surface area contributed by atoms with Crippen molar-refractivity contribution in [3.05, 3.63) is 0 Å². The van der Waals surface area contributed by atoms with Gasteiger partial charge in [0.1, 0.15) is 0 Å². The minimum absolute atomic E-state index is 0.170. The molecule has 4 nitrogen and oxygen atoms in total. The molecule has 76 valence electrons.